The molecule has 0 radical (unpaired) electrons. The Morgan fingerprint density at radius 3 is 2.14 bits per heavy atom. The molecule has 2 aliphatic carbocycles. The molecule has 21 heavy (non-hydrogen) atoms. The molecule has 0 aromatic rings. The summed E-state index contributed by atoms with van der Waals surface area (Å²) in [5.74, 6) is 0.0679. The van der Waals surface area contributed by atoms with Crippen molar-refractivity contribution in [1.29, 1.82) is 0 Å². The van der Waals surface area contributed by atoms with Gasteiger partial charge in [0.05, 0.1) is 5.41 Å². The number of hydrogen-bond acceptors (Lipinski definition) is 2. The maximum atomic E-state index is 12.0. The largest absolute Gasteiger partial charge is 0.481 e. The Balaban J connectivity index is 2.11. The molecular weight excluding hydrogens is 262 g/mol. The van der Waals surface area contributed by atoms with E-state index >= 15 is 0 Å². The van der Waals surface area contributed by atoms with Crippen LogP contribution in [0.25, 0.3) is 0 Å². The highest BCUT2D eigenvalue weighted by atomic mass is 16.4. The first-order valence-electron chi connectivity index (χ1n) is 9.01. The Hall–Kier alpha value is -0.570. The predicted molar refractivity (Wildman–Crippen MR) is 86.4 cm³/mol. The summed E-state index contributed by atoms with van der Waals surface area (Å²) >= 11 is 0. The van der Waals surface area contributed by atoms with E-state index in [1.165, 1.54) is 38.5 Å². The number of carboxylic acids is 1. The third-order valence-electron chi connectivity index (χ3n) is 5.46. The Kier molecular flexibility index (Phi) is 6.09. The number of nitrogens with zero attached hydrogens (tertiary/aromatic N) is 1. The first-order valence-corrected chi connectivity index (χ1v) is 9.01. The van der Waals surface area contributed by atoms with Gasteiger partial charge in [-0.3, -0.25) is 9.69 Å². The number of rotatable bonds is 6. The average molecular weight is 295 g/mol. The fraction of sp³-hybridized carbons (Fsp3) is 0.944. The van der Waals surface area contributed by atoms with Gasteiger partial charge in [-0.2, -0.15) is 0 Å². The highest BCUT2D eigenvalue weighted by Crippen LogP contribution is 2.38. The van der Waals surface area contributed by atoms with Crippen LogP contribution >= 0.6 is 0 Å². The molecule has 2 aliphatic rings. The minimum Gasteiger partial charge on any atom is -0.481 e. The molecule has 0 aromatic heterocycles. The lowest BCUT2D eigenvalue weighted by Crippen LogP contribution is -2.47. The molecule has 2 rings (SSSR count). The van der Waals surface area contributed by atoms with Crippen molar-refractivity contribution in [1.82, 2.24) is 4.90 Å². The Bertz CT molecular complexity index is 326. The van der Waals surface area contributed by atoms with Crippen LogP contribution in [0, 0.1) is 11.3 Å². The van der Waals surface area contributed by atoms with Crippen molar-refractivity contribution < 1.29 is 9.90 Å². The fourth-order valence-electron chi connectivity index (χ4n) is 4.31. The SMILES string of the molecule is CC(C)CN(CC1(C(=O)O)CCCCCC1)C1CCCC1. The molecule has 0 aromatic carbocycles. The molecule has 0 spiro atoms. The van der Waals surface area contributed by atoms with E-state index in [2.05, 4.69) is 18.7 Å². The zero-order chi connectivity index (χ0) is 15.3. The minimum absolute atomic E-state index is 0.478. The topological polar surface area (TPSA) is 40.5 Å². The Morgan fingerprint density at radius 1 is 1.10 bits per heavy atom. The molecule has 0 saturated heterocycles. The molecule has 0 heterocycles. The van der Waals surface area contributed by atoms with Gasteiger partial charge in [0.15, 0.2) is 0 Å². The second-order valence-electron chi connectivity index (χ2n) is 7.76. The second-order valence-corrected chi connectivity index (χ2v) is 7.76. The summed E-state index contributed by atoms with van der Waals surface area (Å²) in [6, 6.07) is 0.631. The third kappa shape index (κ3) is 4.45. The van der Waals surface area contributed by atoms with E-state index < -0.39 is 11.4 Å². The molecule has 3 nitrogen and oxygen atoms in total. The van der Waals surface area contributed by atoms with E-state index in [-0.39, 0.29) is 0 Å². The standard InChI is InChI=1S/C18H33NO2/c1-15(2)13-19(16-9-5-6-10-16)14-18(17(20)21)11-7-3-4-8-12-18/h15-16H,3-14H2,1-2H3,(H,20,21). The zero-order valence-corrected chi connectivity index (χ0v) is 13.9. The number of carboxylic acid groups (broad SMARTS) is 1. The van der Waals surface area contributed by atoms with Crippen LogP contribution in [0.4, 0.5) is 0 Å². The normalized spacial score (nSPS) is 23.6. The lowest BCUT2D eigenvalue weighted by atomic mass is 9.79. The van der Waals surface area contributed by atoms with Crippen molar-refractivity contribution in [2.75, 3.05) is 13.1 Å². The summed E-state index contributed by atoms with van der Waals surface area (Å²) in [4.78, 5) is 14.6. The molecule has 3 heteroatoms. The minimum atomic E-state index is -0.545. The summed E-state index contributed by atoms with van der Waals surface area (Å²) < 4.78 is 0. The molecule has 0 aliphatic heterocycles. The van der Waals surface area contributed by atoms with E-state index in [1.54, 1.807) is 0 Å². The highest BCUT2D eigenvalue weighted by Gasteiger charge is 2.41. The van der Waals surface area contributed by atoms with Crippen molar-refractivity contribution in [2.24, 2.45) is 11.3 Å². The van der Waals surface area contributed by atoms with Crippen LogP contribution in [-0.4, -0.2) is 35.1 Å². The van der Waals surface area contributed by atoms with E-state index in [0.29, 0.717) is 12.0 Å². The molecule has 0 bridgehead atoms. The maximum absolute atomic E-state index is 12.0. The molecule has 2 saturated carbocycles. The van der Waals surface area contributed by atoms with E-state index in [9.17, 15) is 9.90 Å². The van der Waals surface area contributed by atoms with Gasteiger partial charge < -0.3 is 5.11 Å². The smallest absolute Gasteiger partial charge is 0.310 e. The maximum Gasteiger partial charge on any atom is 0.310 e. The van der Waals surface area contributed by atoms with Crippen molar-refractivity contribution in [2.45, 2.75) is 84.1 Å². The van der Waals surface area contributed by atoms with Gasteiger partial charge >= 0.3 is 5.97 Å². The summed E-state index contributed by atoms with van der Waals surface area (Å²) in [6.07, 6.45) is 11.5. The van der Waals surface area contributed by atoms with Crippen molar-refractivity contribution in [3.8, 4) is 0 Å². The molecule has 2 fully saturated rings. The fourth-order valence-corrected chi connectivity index (χ4v) is 4.31. The van der Waals surface area contributed by atoms with Crippen molar-refractivity contribution >= 4 is 5.97 Å². The van der Waals surface area contributed by atoms with Crippen LogP contribution in [0.5, 0.6) is 0 Å². The summed E-state index contributed by atoms with van der Waals surface area (Å²) in [5, 5.41) is 9.91. The zero-order valence-electron chi connectivity index (χ0n) is 13.9. The van der Waals surface area contributed by atoms with Crippen LogP contribution in [0.2, 0.25) is 0 Å². The molecule has 1 N–H and O–H groups in total. The monoisotopic (exact) mass is 295 g/mol. The van der Waals surface area contributed by atoms with Crippen molar-refractivity contribution in [3.63, 3.8) is 0 Å². The average Bonchev–Trinajstić information content (AvgIpc) is 2.84. The molecule has 0 unspecified atom stereocenters. The Labute approximate surface area is 130 Å². The molecule has 122 valence electrons. The molecule has 0 amide bonds. The molecule has 0 atom stereocenters. The van der Waals surface area contributed by atoms with Gasteiger partial charge in [0.2, 0.25) is 0 Å². The van der Waals surface area contributed by atoms with Gasteiger partial charge in [0.25, 0.3) is 0 Å². The summed E-state index contributed by atoms with van der Waals surface area (Å²) in [7, 11) is 0. The lowest BCUT2D eigenvalue weighted by molar-refractivity contribution is -0.151. The van der Waals surface area contributed by atoms with Gasteiger partial charge in [0.1, 0.15) is 0 Å². The van der Waals surface area contributed by atoms with E-state index in [0.717, 1.165) is 38.8 Å². The van der Waals surface area contributed by atoms with Gasteiger partial charge in [-0.25, -0.2) is 0 Å². The summed E-state index contributed by atoms with van der Waals surface area (Å²) in [5.41, 5.74) is -0.478. The van der Waals surface area contributed by atoms with Crippen LogP contribution < -0.4 is 0 Å². The van der Waals surface area contributed by atoms with Gasteiger partial charge in [-0.05, 0) is 31.6 Å². The second kappa shape index (κ2) is 7.62. The van der Waals surface area contributed by atoms with Gasteiger partial charge in [-0.15, -0.1) is 0 Å². The quantitative estimate of drug-likeness (QED) is 0.742. The molecular formula is C18H33NO2. The van der Waals surface area contributed by atoms with Crippen LogP contribution in [0.3, 0.4) is 0 Å². The third-order valence-corrected chi connectivity index (χ3v) is 5.46. The van der Waals surface area contributed by atoms with Gasteiger partial charge in [-0.1, -0.05) is 52.4 Å². The number of carbonyl (C=O) groups is 1. The first kappa shape index (κ1) is 16.8. The van der Waals surface area contributed by atoms with Crippen LogP contribution in [-0.2, 0) is 4.79 Å². The van der Waals surface area contributed by atoms with E-state index in [4.69, 9.17) is 0 Å². The predicted octanol–water partition coefficient (Wildman–Crippen LogP) is 4.31. The Morgan fingerprint density at radius 2 is 1.67 bits per heavy atom. The highest BCUT2D eigenvalue weighted by molar-refractivity contribution is 5.75. The van der Waals surface area contributed by atoms with E-state index in [1.807, 2.05) is 0 Å². The van der Waals surface area contributed by atoms with Crippen molar-refractivity contribution in [3.05, 3.63) is 0 Å². The lowest BCUT2D eigenvalue weighted by Gasteiger charge is -2.38. The first-order chi connectivity index (χ1) is 10.0. The summed E-state index contributed by atoms with van der Waals surface area (Å²) in [6.45, 7) is 6.34. The van der Waals surface area contributed by atoms with Crippen LogP contribution in [0.1, 0.15) is 78.1 Å². The number of aliphatic carboxylic acids is 1. The van der Waals surface area contributed by atoms with Crippen LogP contribution in [0.15, 0.2) is 0 Å². The number of hydrogen-bond donors (Lipinski definition) is 1. The van der Waals surface area contributed by atoms with Gasteiger partial charge in [0, 0.05) is 19.1 Å².